The highest BCUT2D eigenvalue weighted by atomic mass is 16.5. The van der Waals surface area contributed by atoms with E-state index in [2.05, 4.69) is 15.6 Å². The van der Waals surface area contributed by atoms with E-state index in [-0.39, 0.29) is 11.8 Å². The molecule has 2 rings (SSSR count). The first-order chi connectivity index (χ1) is 11.0. The minimum atomic E-state index is -0.682. The molecule has 0 radical (unpaired) electrons. The van der Waals surface area contributed by atoms with Gasteiger partial charge in [-0.15, -0.1) is 0 Å². The molecule has 6 nitrogen and oxygen atoms in total. The Morgan fingerprint density at radius 1 is 1.26 bits per heavy atom. The maximum atomic E-state index is 12.1. The van der Waals surface area contributed by atoms with Crippen molar-refractivity contribution in [2.75, 3.05) is 13.7 Å². The molecular weight excluding hydrogens is 294 g/mol. The smallest absolute Gasteiger partial charge is 0.407 e. The Kier molecular flexibility index (Phi) is 5.62. The van der Waals surface area contributed by atoms with Crippen molar-refractivity contribution in [1.82, 2.24) is 15.6 Å². The Labute approximate surface area is 135 Å². The van der Waals surface area contributed by atoms with Gasteiger partial charge in [0.25, 0.3) is 0 Å². The molecule has 0 spiro atoms. The van der Waals surface area contributed by atoms with E-state index >= 15 is 0 Å². The van der Waals surface area contributed by atoms with Crippen molar-refractivity contribution in [3.8, 4) is 0 Å². The van der Waals surface area contributed by atoms with E-state index in [0.717, 1.165) is 16.5 Å². The van der Waals surface area contributed by atoms with Crippen LogP contribution in [0, 0.1) is 5.92 Å². The highest BCUT2D eigenvalue weighted by Crippen LogP contribution is 2.19. The number of aromatic nitrogens is 1. The zero-order valence-electron chi connectivity index (χ0n) is 13.7. The fourth-order valence-electron chi connectivity index (χ4n) is 2.33. The Bertz CT molecular complexity index is 679. The number of amides is 2. The number of para-hydroxylation sites is 1. The summed E-state index contributed by atoms with van der Waals surface area (Å²) in [6.45, 7) is 4.23. The van der Waals surface area contributed by atoms with Gasteiger partial charge < -0.3 is 20.4 Å². The molecule has 0 fully saturated rings. The molecule has 0 bridgehead atoms. The highest BCUT2D eigenvalue weighted by Gasteiger charge is 2.22. The van der Waals surface area contributed by atoms with Gasteiger partial charge in [0.2, 0.25) is 5.91 Å². The quantitative estimate of drug-likeness (QED) is 0.764. The number of hydrogen-bond acceptors (Lipinski definition) is 3. The summed E-state index contributed by atoms with van der Waals surface area (Å²) in [5.74, 6) is -0.00963. The van der Waals surface area contributed by atoms with Crippen LogP contribution in [0.3, 0.4) is 0 Å². The lowest BCUT2D eigenvalue weighted by Gasteiger charge is -2.17. The standard InChI is InChI=1S/C17H23N3O3/c1-11(2)10-23-17(22)20-15(16(21)18-3)8-12-9-19-14-7-5-4-6-13(12)14/h4-7,9,11,15,19H,8,10H2,1-3H3,(H,18,21)(H,20,22)/t15-/m1/s1. The molecule has 3 N–H and O–H groups in total. The first kappa shape index (κ1) is 16.9. The van der Waals surface area contributed by atoms with Crippen LogP contribution in [0.25, 0.3) is 10.9 Å². The van der Waals surface area contributed by atoms with Gasteiger partial charge in [-0.3, -0.25) is 4.79 Å². The number of carbonyl (C=O) groups is 2. The summed E-state index contributed by atoms with van der Waals surface area (Å²) in [6, 6.07) is 7.16. The Hall–Kier alpha value is -2.50. The molecular formula is C17H23N3O3. The van der Waals surface area contributed by atoms with E-state index in [9.17, 15) is 9.59 Å². The topological polar surface area (TPSA) is 83.2 Å². The SMILES string of the molecule is CNC(=O)[C@@H](Cc1c[nH]c2ccccc12)NC(=O)OCC(C)C. The maximum Gasteiger partial charge on any atom is 0.407 e. The van der Waals surface area contributed by atoms with Crippen LogP contribution in [0.1, 0.15) is 19.4 Å². The number of carbonyl (C=O) groups excluding carboxylic acids is 2. The van der Waals surface area contributed by atoms with Gasteiger partial charge in [0.05, 0.1) is 6.61 Å². The summed E-state index contributed by atoms with van der Waals surface area (Å²) in [7, 11) is 1.55. The van der Waals surface area contributed by atoms with Gasteiger partial charge in [0.1, 0.15) is 6.04 Å². The molecule has 0 unspecified atom stereocenters. The molecule has 2 amide bonds. The molecule has 1 aromatic carbocycles. The zero-order chi connectivity index (χ0) is 16.8. The van der Waals surface area contributed by atoms with Crippen molar-refractivity contribution in [3.05, 3.63) is 36.0 Å². The van der Waals surface area contributed by atoms with E-state index in [4.69, 9.17) is 4.74 Å². The number of fused-ring (bicyclic) bond motifs is 1. The molecule has 1 atom stereocenters. The maximum absolute atomic E-state index is 12.1. The van der Waals surface area contributed by atoms with Gasteiger partial charge >= 0.3 is 6.09 Å². The molecule has 1 heterocycles. The van der Waals surface area contributed by atoms with Crippen molar-refractivity contribution in [3.63, 3.8) is 0 Å². The largest absolute Gasteiger partial charge is 0.449 e. The van der Waals surface area contributed by atoms with Crippen LogP contribution in [0.5, 0.6) is 0 Å². The molecule has 23 heavy (non-hydrogen) atoms. The Morgan fingerprint density at radius 3 is 2.70 bits per heavy atom. The number of ether oxygens (including phenoxy) is 1. The van der Waals surface area contributed by atoms with Gasteiger partial charge in [-0.1, -0.05) is 32.0 Å². The summed E-state index contributed by atoms with van der Waals surface area (Å²) in [5.41, 5.74) is 1.97. The first-order valence-corrected chi connectivity index (χ1v) is 7.71. The minimum Gasteiger partial charge on any atom is -0.449 e. The van der Waals surface area contributed by atoms with Gasteiger partial charge in [-0.2, -0.15) is 0 Å². The normalized spacial score (nSPS) is 12.2. The van der Waals surface area contributed by atoms with E-state index in [1.807, 2.05) is 44.3 Å². The molecule has 0 saturated carbocycles. The van der Waals surface area contributed by atoms with Crippen molar-refractivity contribution in [2.45, 2.75) is 26.3 Å². The lowest BCUT2D eigenvalue weighted by molar-refractivity contribution is -0.122. The lowest BCUT2D eigenvalue weighted by atomic mass is 10.0. The van der Waals surface area contributed by atoms with Crippen LogP contribution >= 0.6 is 0 Å². The number of likely N-dealkylation sites (N-methyl/N-ethyl adjacent to an activating group) is 1. The Balaban J connectivity index is 2.09. The summed E-state index contributed by atoms with van der Waals surface area (Å²) in [6.07, 6.45) is 1.68. The average Bonchev–Trinajstić information content (AvgIpc) is 2.95. The van der Waals surface area contributed by atoms with Crippen LogP contribution in [0.4, 0.5) is 4.79 Å². The third kappa shape index (κ3) is 4.48. The number of nitrogens with one attached hydrogen (secondary N) is 3. The second-order valence-electron chi connectivity index (χ2n) is 5.87. The second-order valence-corrected chi connectivity index (χ2v) is 5.87. The number of hydrogen-bond donors (Lipinski definition) is 3. The summed E-state index contributed by atoms with van der Waals surface area (Å²) < 4.78 is 5.10. The van der Waals surface area contributed by atoms with E-state index in [1.165, 1.54) is 0 Å². The van der Waals surface area contributed by atoms with Crippen molar-refractivity contribution >= 4 is 22.9 Å². The molecule has 0 aliphatic carbocycles. The molecule has 0 aliphatic rings. The van der Waals surface area contributed by atoms with E-state index < -0.39 is 12.1 Å². The molecule has 6 heteroatoms. The van der Waals surface area contributed by atoms with Crippen LogP contribution in [0.15, 0.2) is 30.5 Å². The summed E-state index contributed by atoms with van der Waals surface area (Å²) in [5, 5.41) is 6.26. The van der Waals surface area contributed by atoms with Crippen LogP contribution in [-0.4, -0.2) is 36.7 Å². The average molecular weight is 317 g/mol. The number of rotatable bonds is 6. The lowest BCUT2D eigenvalue weighted by Crippen LogP contribution is -2.47. The number of benzene rings is 1. The van der Waals surface area contributed by atoms with Gasteiger partial charge in [0.15, 0.2) is 0 Å². The third-order valence-electron chi connectivity index (χ3n) is 3.50. The third-order valence-corrected chi connectivity index (χ3v) is 3.50. The fourth-order valence-corrected chi connectivity index (χ4v) is 2.33. The minimum absolute atomic E-state index is 0.243. The van der Waals surface area contributed by atoms with Gasteiger partial charge in [-0.25, -0.2) is 4.79 Å². The monoisotopic (exact) mass is 317 g/mol. The molecule has 0 saturated heterocycles. The van der Waals surface area contributed by atoms with Crippen molar-refractivity contribution in [2.24, 2.45) is 5.92 Å². The number of H-pyrrole nitrogens is 1. The van der Waals surface area contributed by atoms with E-state index in [1.54, 1.807) is 7.05 Å². The molecule has 2 aromatic rings. The summed E-state index contributed by atoms with van der Waals surface area (Å²) >= 11 is 0. The summed E-state index contributed by atoms with van der Waals surface area (Å²) in [4.78, 5) is 27.1. The van der Waals surface area contributed by atoms with E-state index in [0.29, 0.717) is 13.0 Å². The van der Waals surface area contributed by atoms with Gasteiger partial charge in [0, 0.05) is 30.6 Å². The Morgan fingerprint density at radius 2 is 2.00 bits per heavy atom. The molecule has 0 aliphatic heterocycles. The highest BCUT2D eigenvalue weighted by molar-refractivity contribution is 5.88. The zero-order valence-corrected chi connectivity index (χ0v) is 13.7. The first-order valence-electron chi connectivity index (χ1n) is 7.71. The number of alkyl carbamates (subject to hydrolysis) is 1. The predicted molar refractivity (Wildman–Crippen MR) is 89.2 cm³/mol. The molecule has 124 valence electrons. The van der Waals surface area contributed by atoms with Crippen LogP contribution in [0.2, 0.25) is 0 Å². The molecule has 1 aromatic heterocycles. The van der Waals surface area contributed by atoms with Crippen LogP contribution < -0.4 is 10.6 Å². The fraction of sp³-hybridized carbons (Fsp3) is 0.412. The second kappa shape index (κ2) is 7.67. The predicted octanol–water partition coefficient (Wildman–Crippen LogP) is 2.21. The van der Waals surface area contributed by atoms with Crippen molar-refractivity contribution < 1.29 is 14.3 Å². The van der Waals surface area contributed by atoms with Crippen LogP contribution in [-0.2, 0) is 16.0 Å². The number of aromatic amines is 1. The van der Waals surface area contributed by atoms with Crippen molar-refractivity contribution in [1.29, 1.82) is 0 Å². The van der Waals surface area contributed by atoms with Gasteiger partial charge in [-0.05, 0) is 17.5 Å².